The molecule has 0 bridgehead atoms. The monoisotopic (exact) mass is 362 g/mol. The minimum atomic E-state index is -0.256. The summed E-state index contributed by atoms with van der Waals surface area (Å²) >= 11 is 0. The van der Waals surface area contributed by atoms with Crippen LogP contribution in [0.2, 0.25) is 0 Å². The first kappa shape index (κ1) is 16.8. The fraction of sp³-hybridized carbons (Fsp3) is 0.158. The van der Waals surface area contributed by atoms with Gasteiger partial charge >= 0.3 is 0 Å². The van der Waals surface area contributed by atoms with Crippen LogP contribution in [0.15, 0.2) is 59.5 Å². The Morgan fingerprint density at radius 1 is 1.22 bits per heavy atom. The van der Waals surface area contributed by atoms with E-state index in [1.165, 1.54) is 6.33 Å². The van der Waals surface area contributed by atoms with Gasteiger partial charge in [-0.2, -0.15) is 10.2 Å². The summed E-state index contributed by atoms with van der Waals surface area (Å²) in [5.41, 5.74) is 2.85. The molecule has 4 aromatic rings. The maximum absolute atomic E-state index is 12.5. The SMILES string of the molecule is Cc1ccc(-c2cc(C(=O)N[C@@H](C)c3ccc(-n4cncn4)cc3)n[nH]2)o1. The number of carbonyl (C=O) groups excluding carboxylic acids is 1. The van der Waals surface area contributed by atoms with E-state index in [9.17, 15) is 4.79 Å². The first-order valence-corrected chi connectivity index (χ1v) is 8.48. The number of aryl methyl sites for hydroxylation is 1. The van der Waals surface area contributed by atoms with E-state index < -0.39 is 0 Å². The van der Waals surface area contributed by atoms with Crippen molar-refractivity contribution in [1.82, 2.24) is 30.3 Å². The number of nitrogens with zero attached hydrogens (tertiary/aromatic N) is 4. The second-order valence-electron chi connectivity index (χ2n) is 6.20. The number of hydrogen-bond donors (Lipinski definition) is 2. The fourth-order valence-electron chi connectivity index (χ4n) is 2.75. The zero-order valence-electron chi connectivity index (χ0n) is 14.9. The summed E-state index contributed by atoms with van der Waals surface area (Å²) in [6.07, 6.45) is 3.12. The van der Waals surface area contributed by atoms with Crippen molar-refractivity contribution in [2.45, 2.75) is 19.9 Å². The van der Waals surface area contributed by atoms with Crippen LogP contribution in [0.4, 0.5) is 0 Å². The Labute approximate surface area is 155 Å². The molecule has 0 aliphatic heterocycles. The van der Waals surface area contributed by atoms with Gasteiger partial charge in [0.15, 0.2) is 11.5 Å². The predicted molar refractivity (Wildman–Crippen MR) is 98.3 cm³/mol. The topological polar surface area (TPSA) is 102 Å². The molecule has 3 heterocycles. The Morgan fingerprint density at radius 3 is 2.70 bits per heavy atom. The molecule has 0 aliphatic rings. The summed E-state index contributed by atoms with van der Waals surface area (Å²) in [5, 5.41) is 14.0. The molecule has 0 saturated heterocycles. The number of aromatic nitrogens is 5. The van der Waals surface area contributed by atoms with Crippen molar-refractivity contribution < 1.29 is 9.21 Å². The van der Waals surface area contributed by atoms with E-state index in [2.05, 4.69) is 25.6 Å². The molecule has 27 heavy (non-hydrogen) atoms. The lowest BCUT2D eigenvalue weighted by Crippen LogP contribution is -2.26. The first-order valence-electron chi connectivity index (χ1n) is 8.48. The minimum absolute atomic E-state index is 0.173. The Bertz CT molecular complexity index is 1050. The molecule has 0 unspecified atom stereocenters. The van der Waals surface area contributed by atoms with Gasteiger partial charge in [0.05, 0.1) is 11.7 Å². The van der Waals surface area contributed by atoms with Crippen molar-refractivity contribution in [3.63, 3.8) is 0 Å². The molecule has 2 N–H and O–H groups in total. The molecule has 1 atom stereocenters. The summed E-state index contributed by atoms with van der Waals surface area (Å²) in [5.74, 6) is 1.19. The molecule has 0 fully saturated rings. The van der Waals surface area contributed by atoms with Crippen LogP contribution in [0.1, 0.15) is 34.8 Å². The van der Waals surface area contributed by atoms with E-state index in [1.807, 2.05) is 50.2 Å². The van der Waals surface area contributed by atoms with Crippen molar-refractivity contribution in [3.05, 3.63) is 72.1 Å². The van der Waals surface area contributed by atoms with Crippen molar-refractivity contribution in [2.24, 2.45) is 0 Å². The minimum Gasteiger partial charge on any atom is -0.460 e. The number of benzene rings is 1. The van der Waals surface area contributed by atoms with Crippen molar-refractivity contribution >= 4 is 5.91 Å². The first-order chi connectivity index (χ1) is 13.1. The third kappa shape index (κ3) is 3.50. The van der Waals surface area contributed by atoms with Crippen LogP contribution in [-0.4, -0.2) is 30.9 Å². The summed E-state index contributed by atoms with van der Waals surface area (Å²) in [6, 6.07) is 13.0. The van der Waals surface area contributed by atoms with E-state index in [1.54, 1.807) is 17.1 Å². The molecule has 8 heteroatoms. The number of furan rings is 1. The quantitative estimate of drug-likeness (QED) is 0.568. The van der Waals surface area contributed by atoms with Crippen LogP contribution in [-0.2, 0) is 0 Å². The van der Waals surface area contributed by atoms with Gasteiger partial charge in [-0.05, 0) is 43.7 Å². The zero-order chi connectivity index (χ0) is 18.8. The second kappa shape index (κ2) is 6.91. The fourth-order valence-corrected chi connectivity index (χ4v) is 2.75. The third-order valence-electron chi connectivity index (χ3n) is 4.24. The number of H-pyrrole nitrogens is 1. The normalized spacial score (nSPS) is 12.1. The van der Waals surface area contributed by atoms with Crippen LogP contribution in [0.25, 0.3) is 17.1 Å². The third-order valence-corrected chi connectivity index (χ3v) is 4.24. The lowest BCUT2D eigenvalue weighted by atomic mass is 10.1. The van der Waals surface area contributed by atoms with Crippen LogP contribution in [0, 0.1) is 6.92 Å². The number of carbonyl (C=O) groups is 1. The smallest absolute Gasteiger partial charge is 0.272 e. The highest BCUT2D eigenvalue weighted by atomic mass is 16.3. The lowest BCUT2D eigenvalue weighted by molar-refractivity contribution is 0.0935. The average molecular weight is 362 g/mol. The number of nitrogens with one attached hydrogen (secondary N) is 2. The van der Waals surface area contributed by atoms with E-state index in [-0.39, 0.29) is 11.9 Å². The van der Waals surface area contributed by atoms with Crippen molar-refractivity contribution in [1.29, 1.82) is 0 Å². The molecular formula is C19H18N6O2. The maximum atomic E-state index is 12.5. The van der Waals surface area contributed by atoms with E-state index in [0.29, 0.717) is 17.1 Å². The van der Waals surface area contributed by atoms with Gasteiger partial charge < -0.3 is 9.73 Å². The summed E-state index contributed by atoms with van der Waals surface area (Å²) in [4.78, 5) is 16.4. The molecule has 8 nitrogen and oxygen atoms in total. The summed E-state index contributed by atoms with van der Waals surface area (Å²) < 4.78 is 7.22. The highest BCUT2D eigenvalue weighted by molar-refractivity contribution is 5.93. The van der Waals surface area contributed by atoms with Crippen LogP contribution in [0.5, 0.6) is 0 Å². The predicted octanol–water partition coefficient (Wildman–Crippen LogP) is 3.05. The van der Waals surface area contributed by atoms with Gasteiger partial charge in [0, 0.05) is 6.07 Å². The van der Waals surface area contributed by atoms with Gasteiger partial charge in [-0.15, -0.1) is 0 Å². The average Bonchev–Trinajstić information content (AvgIpc) is 3.43. The Balaban J connectivity index is 1.44. The second-order valence-corrected chi connectivity index (χ2v) is 6.20. The Kier molecular flexibility index (Phi) is 4.29. The van der Waals surface area contributed by atoms with Gasteiger partial charge in [0.25, 0.3) is 5.91 Å². The standard InChI is InChI=1S/C19H18N6O2/c1-12-3-8-18(27-12)16-9-17(24-23-16)19(26)22-13(2)14-4-6-15(7-5-14)25-11-20-10-21-25/h3-11,13H,1-2H3,(H,22,26)(H,23,24)/t13-/m0/s1. The van der Waals surface area contributed by atoms with Gasteiger partial charge in [-0.25, -0.2) is 9.67 Å². The van der Waals surface area contributed by atoms with Gasteiger partial charge in [0.2, 0.25) is 0 Å². The Hall–Kier alpha value is -3.68. The number of aromatic amines is 1. The molecule has 0 spiro atoms. The Morgan fingerprint density at radius 2 is 2.04 bits per heavy atom. The van der Waals surface area contributed by atoms with Crippen molar-refractivity contribution in [2.75, 3.05) is 0 Å². The highest BCUT2D eigenvalue weighted by Gasteiger charge is 2.16. The number of amides is 1. The number of rotatable bonds is 5. The van der Waals surface area contributed by atoms with Crippen molar-refractivity contribution in [3.8, 4) is 17.1 Å². The molecule has 3 aromatic heterocycles. The van der Waals surface area contributed by atoms with E-state index >= 15 is 0 Å². The van der Waals surface area contributed by atoms with Gasteiger partial charge in [-0.3, -0.25) is 9.89 Å². The molecule has 136 valence electrons. The van der Waals surface area contributed by atoms with Crippen LogP contribution < -0.4 is 5.32 Å². The molecule has 1 amide bonds. The largest absolute Gasteiger partial charge is 0.460 e. The molecule has 0 saturated carbocycles. The van der Waals surface area contributed by atoms with E-state index in [0.717, 1.165) is 17.0 Å². The van der Waals surface area contributed by atoms with Gasteiger partial charge in [-0.1, -0.05) is 12.1 Å². The summed E-state index contributed by atoms with van der Waals surface area (Å²) in [7, 11) is 0. The molecule has 0 aliphatic carbocycles. The number of hydrogen-bond acceptors (Lipinski definition) is 5. The van der Waals surface area contributed by atoms with Gasteiger partial charge in [0.1, 0.15) is 24.1 Å². The lowest BCUT2D eigenvalue weighted by Gasteiger charge is -2.14. The molecule has 4 rings (SSSR count). The van der Waals surface area contributed by atoms with Crippen LogP contribution >= 0.6 is 0 Å². The highest BCUT2D eigenvalue weighted by Crippen LogP contribution is 2.21. The molecule has 0 radical (unpaired) electrons. The molecule has 1 aromatic carbocycles. The zero-order valence-corrected chi connectivity index (χ0v) is 14.9. The molecular weight excluding hydrogens is 344 g/mol. The van der Waals surface area contributed by atoms with E-state index in [4.69, 9.17) is 4.42 Å². The summed E-state index contributed by atoms with van der Waals surface area (Å²) in [6.45, 7) is 3.79. The maximum Gasteiger partial charge on any atom is 0.272 e. The van der Waals surface area contributed by atoms with Crippen LogP contribution in [0.3, 0.4) is 0 Å².